The molecule has 0 aliphatic heterocycles. The molecule has 0 radical (unpaired) electrons. The van der Waals surface area contributed by atoms with E-state index in [0.29, 0.717) is 23.9 Å². The van der Waals surface area contributed by atoms with E-state index in [1.54, 1.807) is 6.07 Å². The van der Waals surface area contributed by atoms with Crippen LogP contribution in [0.1, 0.15) is 34.1 Å². The minimum Gasteiger partial charge on any atom is -0.494 e. The second kappa shape index (κ2) is 11.1. The lowest BCUT2D eigenvalue weighted by Gasteiger charge is -2.12. The van der Waals surface area contributed by atoms with Crippen LogP contribution < -0.4 is 20.7 Å². The largest absolute Gasteiger partial charge is 0.494 e. The van der Waals surface area contributed by atoms with Crippen molar-refractivity contribution in [1.82, 2.24) is 0 Å². The zero-order valence-corrected chi connectivity index (χ0v) is 17.6. The molecule has 0 aromatic heterocycles. The number of ether oxygens (including phenoxy) is 1. The van der Waals surface area contributed by atoms with Crippen LogP contribution in [0.3, 0.4) is 0 Å². The molecule has 0 atom stereocenters. The van der Waals surface area contributed by atoms with Crippen molar-refractivity contribution in [3.8, 4) is 5.75 Å². The summed E-state index contributed by atoms with van der Waals surface area (Å²) < 4.78 is 5.68. The maximum atomic E-state index is 12.2. The van der Waals surface area contributed by atoms with Crippen LogP contribution in [0.4, 0.5) is 17.1 Å². The molecule has 3 N–H and O–H groups in total. The Morgan fingerprint density at radius 1 is 0.897 bits per heavy atom. The second-order valence-electron chi connectivity index (χ2n) is 7.68. The van der Waals surface area contributed by atoms with E-state index in [0.717, 1.165) is 17.9 Å². The van der Waals surface area contributed by atoms with Crippen LogP contribution in [0, 0.1) is 11.8 Å². The summed E-state index contributed by atoms with van der Waals surface area (Å²) in [7, 11) is 0. The van der Waals surface area contributed by atoms with Crippen LogP contribution in [0.2, 0.25) is 0 Å². The first-order valence-electron chi connectivity index (χ1n) is 10.0. The van der Waals surface area contributed by atoms with Crippen molar-refractivity contribution in [2.75, 3.05) is 29.1 Å². The standard InChI is InChI=1S/C23H31N3O3/c1-16(2)12-13-29-21-10-8-18(9-11-21)25-22(27)15-24-19-6-5-7-20(14-19)26-23(28)17(3)4/h5-11,14,16-17,24H,12-13,15H2,1-4H3,(H,25,27)(H,26,28). The first kappa shape index (κ1) is 22.3. The van der Waals surface area contributed by atoms with Gasteiger partial charge in [-0.25, -0.2) is 0 Å². The molecule has 29 heavy (non-hydrogen) atoms. The third-order valence-corrected chi connectivity index (χ3v) is 4.21. The molecule has 2 rings (SSSR count). The van der Waals surface area contributed by atoms with Crippen LogP contribution in [-0.2, 0) is 9.59 Å². The number of anilines is 3. The van der Waals surface area contributed by atoms with Gasteiger partial charge in [0, 0.05) is 23.0 Å². The Morgan fingerprint density at radius 2 is 1.59 bits per heavy atom. The van der Waals surface area contributed by atoms with E-state index in [1.807, 2.05) is 56.3 Å². The maximum Gasteiger partial charge on any atom is 0.243 e. The molecular formula is C23H31N3O3. The van der Waals surface area contributed by atoms with Gasteiger partial charge in [0.15, 0.2) is 0 Å². The lowest BCUT2D eigenvalue weighted by Crippen LogP contribution is -2.22. The fourth-order valence-corrected chi connectivity index (χ4v) is 2.43. The van der Waals surface area contributed by atoms with E-state index < -0.39 is 0 Å². The second-order valence-corrected chi connectivity index (χ2v) is 7.68. The minimum absolute atomic E-state index is 0.0449. The first-order valence-corrected chi connectivity index (χ1v) is 10.0. The van der Waals surface area contributed by atoms with Crippen molar-refractivity contribution in [2.24, 2.45) is 11.8 Å². The Kier molecular flexibility index (Phi) is 8.52. The average Bonchev–Trinajstić information content (AvgIpc) is 2.68. The number of hydrogen-bond acceptors (Lipinski definition) is 4. The van der Waals surface area contributed by atoms with E-state index >= 15 is 0 Å². The third-order valence-electron chi connectivity index (χ3n) is 4.21. The van der Waals surface area contributed by atoms with Crippen molar-refractivity contribution >= 4 is 28.9 Å². The monoisotopic (exact) mass is 397 g/mol. The SMILES string of the molecule is CC(C)CCOc1ccc(NC(=O)CNc2cccc(NC(=O)C(C)C)c2)cc1. The number of carbonyl (C=O) groups is 2. The van der Waals surface area contributed by atoms with Gasteiger partial charge in [-0.1, -0.05) is 33.8 Å². The Labute approximate surface area is 173 Å². The van der Waals surface area contributed by atoms with Gasteiger partial charge in [0.25, 0.3) is 0 Å². The van der Waals surface area contributed by atoms with Gasteiger partial charge in [0.2, 0.25) is 11.8 Å². The Hall–Kier alpha value is -3.02. The summed E-state index contributed by atoms with van der Waals surface area (Å²) in [5.41, 5.74) is 2.17. The van der Waals surface area contributed by atoms with Gasteiger partial charge in [-0.05, 0) is 54.8 Å². The summed E-state index contributed by atoms with van der Waals surface area (Å²) in [6.07, 6.45) is 1.01. The molecular weight excluding hydrogens is 366 g/mol. The van der Waals surface area contributed by atoms with Crippen molar-refractivity contribution in [1.29, 1.82) is 0 Å². The lowest BCUT2D eigenvalue weighted by atomic mass is 10.1. The molecule has 0 aliphatic rings. The van der Waals surface area contributed by atoms with Crippen LogP contribution in [0.15, 0.2) is 48.5 Å². The molecule has 2 aromatic carbocycles. The van der Waals surface area contributed by atoms with Crippen LogP contribution in [-0.4, -0.2) is 25.0 Å². The van der Waals surface area contributed by atoms with Gasteiger partial charge < -0.3 is 20.7 Å². The van der Waals surface area contributed by atoms with E-state index in [1.165, 1.54) is 0 Å². The first-order chi connectivity index (χ1) is 13.8. The fourth-order valence-electron chi connectivity index (χ4n) is 2.43. The summed E-state index contributed by atoms with van der Waals surface area (Å²) in [4.78, 5) is 24.0. The van der Waals surface area contributed by atoms with Crippen LogP contribution in [0.5, 0.6) is 5.75 Å². The fraction of sp³-hybridized carbons (Fsp3) is 0.391. The molecule has 2 amide bonds. The van der Waals surface area contributed by atoms with E-state index in [4.69, 9.17) is 4.74 Å². The molecule has 0 saturated heterocycles. The Bertz CT molecular complexity index is 801. The third kappa shape index (κ3) is 8.25. The zero-order chi connectivity index (χ0) is 21.2. The van der Waals surface area contributed by atoms with Gasteiger partial charge in [0.1, 0.15) is 5.75 Å². The van der Waals surface area contributed by atoms with Crippen LogP contribution >= 0.6 is 0 Å². The smallest absolute Gasteiger partial charge is 0.243 e. The van der Waals surface area contributed by atoms with Crippen LogP contribution in [0.25, 0.3) is 0 Å². The molecule has 0 bridgehead atoms. The van der Waals surface area contributed by atoms with Crippen molar-refractivity contribution < 1.29 is 14.3 Å². The van der Waals surface area contributed by atoms with E-state index in [2.05, 4.69) is 29.8 Å². The predicted octanol–water partition coefficient (Wildman–Crippen LogP) is 4.76. The van der Waals surface area contributed by atoms with Gasteiger partial charge in [0.05, 0.1) is 13.2 Å². The summed E-state index contributed by atoms with van der Waals surface area (Å²) in [5.74, 6) is 1.10. The van der Waals surface area contributed by atoms with Gasteiger partial charge in [-0.3, -0.25) is 9.59 Å². The predicted molar refractivity (Wildman–Crippen MR) is 118 cm³/mol. The highest BCUT2D eigenvalue weighted by atomic mass is 16.5. The number of rotatable bonds is 10. The number of benzene rings is 2. The highest BCUT2D eigenvalue weighted by molar-refractivity contribution is 5.94. The summed E-state index contributed by atoms with van der Waals surface area (Å²) in [6, 6.07) is 14.6. The molecule has 0 fully saturated rings. The molecule has 6 nitrogen and oxygen atoms in total. The summed E-state index contributed by atoms with van der Waals surface area (Å²) in [6.45, 7) is 8.80. The van der Waals surface area contributed by atoms with Gasteiger partial charge in [-0.2, -0.15) is 0 Å². The molecule has 0 heterocycles. The molecule has 0 saturated carbocycles. The van der Waals surface area contributed by atoms with Crippen molar-refractivity contribution in [3.63, 3.8) is 0 Å². The van der Waals surface area contributed by atoms with E-state index in [-0.39, 0.29) is 24.3 Å². The highest BCUT2D eigenvalue weighted by Crippen LogP contribution is 2.18. The molecule has 0 spiro atoms. The topological polar surface area (TPSA) is 79.5 Å². The molecule has 0 aliphatic carbocycles. The van der Waals surface area contributed by atoms with Crippen molar-refractivity contribution in [3.05, 3.63) is 48.5 Å². The molecule has 2 aromatic rings. The average molecular weight is 398 g/mol. The van der Waals surface area contributed by atoms with Gasteiger partial charge in [-0.15, -0.1) is 0 Å². The minimum atomic E-state index is -0.157. The summed E-state index contributed by atoms with van der Waals surface area (Å²) >= 11 is 0. The normalized spacial score (nSPS) is 10.7. The Morgan fingerprint density at radius 3 is 2.24 bits per heavy atom. The number of hydrogen-bond donors (Lipinski definition) is 3. The van der Waals surface area contributed by atoms with Gasteiger partial charge >= 0.3 is 0 Å². The Balaban J connectivity index is 1.80. The number of carbonyl (C=O) groups excluding carboxylic acids is 2. The molecule has 0 unspecified atom stereocenters. The zero-order valence-electron chi connectivity index (χ0n) is 17.6. The molecule has 156 valence electrons. The maximum absolute atomic E-state index is 12.2. The number of nitrogens with one attached hydrogen (secondary N) is 3. The number of amides is 2. The summed E-state index contributed by atoms with van der Waals surface area (Å²) in [5, 5.41) is 8.76. The molecule has 6 heteroatoms. The highest BCUT2D eigenvalue weighted by Gasteiger charge is 2.08. The van der Waals surface area contributed by atoms with Crippen molar-refractivity contribution in [2.45, 2.75) is 34.1 Å². The quantitative estimate of drug-likeness (QED) is 0.540. The van der Waals surface area contributed by atoms with E-state index in [9.17, 15) is 9.59 Å². The lowest BCUT2D eigenvalue weighted by molar-refractivity contribution is -0.119.